The number of rotatable bonds is 6. The Kier molecular flexibility index (Phi) is 8.07. The van der Waals surface area contributed by atoms with Crippen molar-refractivity contribution in [1.82, 2.24) is 0 Å². The van der Waals surface area contributed by atoms with Crippen molar-refractivity contribution in [3.05, 3.63) is 101 Å². The molecule has 4 aromatic rings. The Balaban J connectivity index is 2.31. The summed E-state index contributed by atoms with van der Waals surface area (Å²) < 4.78 is 107. The molecule has 0 heterocycles. The topological polar surface area (TPSA) is 29.5 Å². The van der Waals surface area contributed by atoms with Crippen LogP contribution in [0.1, 0.15) is 22.3 Å². The van der Waals surface area contributed by atoms with E-state index in [1.807, 2.05) is 0 Å². The van der Waals surface area contributed by atoms with Gasteiger partial charge in [-0.15, -0.1) is 0 Å². The standard InChI is InChI=1S/C31H28F6NO2P/c1-19-16-26(41(39,22-12-8-6-9-13-22)23-14-10-7-11-15-23)27(20(2)29(19)40-5)28-24(31(35,36)37)17-21(30(32,33)34)18-25(28)38(3)4/h6-18H,1-5H3. The van der Waals surface area contributed by atoms with Gasteiger partial charge in [0.15, 0.2) is 7.14 Å². The van der Waals surface area contributed by atoms with Crippen molar-refractivity contribution in [1.29, 1.82) is 0 Å². The average Bonchev–Trinajstić information content (AvgIpc) is 2.92. The van der Waals surface area contributed by atoms with E-state index < -0.39 is 36.2 Å². The SMILES string of the molecule is COc1c(C)cc(P(=O)(c2ccccc2)c2ccccc2)c(-c2c(N(C)C)cc(C(F)(F)F)cc2C(F)(F)F)c1C. The second-order valence-electron chi connectivity index (χ2n) is 9.83. The molecule has 0 bridgehead atoms. The zero-order chi connectivity index (χ0) is 30.3. The smallest absolute Gasteiger partial charge is 0.417 e. The van der Waals surface area contributed by atoms with Gasteiger partial charge in [-0.2, -0.15) is 26.3 Å². The van der Waals surface area contributed by atoms with Crippen LogP contribution in [-0.2, 0) is 16.9 Å². The first-order valence-corrected chi connectivity index (χ1v) is 14.2. The number of benzene rings is 4. The maximum Gasteiger partial charge on any atom is 0.417 e. The minimum Gasteiger partial charge on any atom is -0.496 e. The van der Waals surface area contributed by atoms with Gasteiger partial charge in [0.05, 0.1) is 18.2 Å². The Morgan fingerprint density at radius 2 is 1.24 bits per heavy atom. The van der Waals surface area contributed by atoms with Crippen LogP contribution in [0.25, 0.3) is 11.1 Å². The molecule has 0 amide bonds. The third-order valence-electron chi connectivity index (χ3n) is 6.95. The quantitative estimate of drug-likeness (QED) is 0.170. The first kappa shape index (κ1) is 30.3. The average molecular weight is 592 g/mol. The molecule has 4 aromatic carbocycles. The number of alkyl halides is 6. The van der Waals surface area contributed by atoms with E-state index >= 15 is 4.57 Å². The van der Waals surface area contributed by atoms with Crippen LogP contribution < -0.4 is 25.6 Å². The second-order valence-corrected chi connectivity index (χ2v) is 12.6. The molecular weight excluding hydrogens is 563 g/mol. The van der Waals surface area contributed by atoms with Crippen LogP contribution in [0.15, 0.2) is 78.9 Å². The lowest BCUT2D eigenvalue weighted by atomic mass is 9.90. The van der Waals surface area contributed by atoms with Crippen molar-refractivity contribution in [2.24, 2.45) is 0 Å². The zero-order valence-electron chi connectivity index (χ0n) is 23.0. The van der Waals surface area contributed by atoms with E-state index in [-0.39, 0.29) is 33.9 Å². The number of halogens is 6. The van der Waals surface area contributed by atoms with Crippen LogP contribution in [0.2, 0.25) is 0 Å². The summed E-state index contributed by atoms with van der Waals surface area (Å²) in [6.45, 7) is 3.21. The summed E-state index contributed by atoms with van der Waals surface area (Å²) in [5.74, 6) is 0.245. The van der Waals surface area contributed by atoms with Gasteiger partial charge in [0.1, 0.15) is 5.75 Å². The van der Waals surface area contributed by atoms with E-state index in [2.05, 4.69) is 0 Å². The van der Waals surface area contributed by atoms with E-state index in [0.717, 1.165) is 0 Å². The maximum absolute atomic E-state index is 15.5. The number of nitrogens with zero attached hydrogens (tertiary/aromatic N) is 1. The third kappa shape index (κ3) is 5.47. The Morgan fingerprint density at radius 3 is 1.66 bits per heavy atom. The molecule has 4 rings (SSSR count). The van der Waals surface area contributed by atoms with Crippen LogP contribution in [-0.4, -0.2) is 21.2 Å². The molecule has 0 saturated carbocycles. The van der Waals surface area contributed by atoms with E-state index in [1.165, 1.54) is 39.1 Å². The van der Waals surface area contributed by atoms with Crippen LogP contribution in [0, 0.1) is 13.8 Å². The Hall–Kier alpha value is -3.71. The molecule has 41 heavy (non-hydrogen) atoms. The number of ether oxygens (including phenoxy) is 1. The van der Waals surface area contributed by atoms with Gasteiger partial charge in [0, 0.05) is 46.8 Å². The summed E-state index contributed by atoms with van der Waals surface area (Å²) in [4.78, 5) is 1.20. The Labute approximate surface area is 234 Å². The van der Waals surface area contributed by atoms with Crippen LogP contribution in [0.4, 0.5) is 32.0 Å². The highest BCUT2D eigenvalue weighted by molar-refractivity contribution is 7.85. The fourth-order valence-corrected chi connectivity index (χ4v) is 8.16. The molecule has 0 aliphatic rings. The van der Waals surface area contributed by atoms with Gasteiger partial charge in [0.2, 0.25) is 0 Å². The number of hydrogen-bond donors (Lipinski definition) is 0. The highest BCUT2D eigenvalue weighted by Gasteiger charge is 2.43. The molecule has 0 aromatic heterocycles. The molecular formula is C31H28F6NO2P. The van der Waals surface area contributed by atoms with E-state index in [4.69, 9.17) is 4.74 Å². The van der Waals surface area contributed by atoms with Crippen LogP contribution in [0.3, 0.4) is 0 Å². The van der Waals surface area contributed by atoms with Crippen LogP contribution >= 0.6 is 7.14 Å². The molecule has 0 aliphatic heterocycles. The van der Waals surface area contributed by atoms with Crippen molar-refractivity contribution in [3.8, 4) is 16.9 Å². The molecule has 0 fully saturated rings. The summed E-state index contributed by atoms with van der Waals surface area (Å²) in [7, 11) is 0.201. The summed E-state index contributed by atoms with van der Waals surface area (Å²) in [5, 5.41) is 0.797. The number of hydrogen-bond acceptors (Lipinski definition) is 3. The van der Waals surface area contributed by atoms with Gasteiger partial charge >= 0.3 is 12.4 Å². The lowest BCUT2D eigenvalue weighted by Gasteiger charge is -2.30. The summed E-state index contributed by atoms with van der Waals surface area (Å²) in [6.07, 6.45) is -10.2. The first-order valence-electron chi connectivity index (χ1n) is 12.5. The van der Waals surface area contributed by atoms with Gasteiger partial charge in [-0.3, -0.25) is 0 Å². The molecule has 0 radical (unpaired) electrons. The predicted octanol–water partition coefficient (Wildman–Crippen LogP) is 7.72. The van der Waals surface area contributed by atoms with Crippen molar-refractivity contribution < 1.29 is 35.6 Å². The van der Waals surface area contributed by atoms with Gasteiger partial charge in [-0.1, -0.05) is 60.7 Å². The summed E-state index contributed by atoms with van der Waals surface area (Å²) >= 11 is 0. The normalized spacial score (nSPS) is 12.4. The van der Waals surface area contributed by atoms with Crippen molar-refractivity contribution >= 4 is 28.7 Å². The molecule has 0 N–H and O–H groups in total. The fraction of sp³-hybridized carbons (Fsp3) is 0.226. The number of aryl methyl sites for hydroxylation is 1. The van der Waals surface area contributed by atoms with E-state index in [1.54, 1.807) is 67.6 Å². The van der Waals surface area contributed by atoms with E-state index in [9.17, 15) is 26.3 Å². The monoisotopic (exact) mass is 591 g/mol. The van der Waals surface area contributed by atoms with Crippen molar-refractivity contribution in [3.63, 3.8) is 0 Å². The molecule has 216 valence electrons. The van der Waals surface area contributed by atoms with Gasteiger partial charge in [-0.25, -0.2) is 0 Å². The lowest BCUT2D eigenvalue weighted by Crippen LogP contribution is -2.28. The fourth-order valence-electron chi connectivity index (χ4n) is 5.15. The summed E-state index contributed by atoms with van der Waals surface area (Å²) in [5.41, 5.74) is -3.11. The first-order chi connectivity index (χ1) is 19.1. The molecule has 0 unspecified atom stereocenters. The Bertz CT molecular complexity index is 1570. The third-order valence-corrected chi connectivity index (χ3v) is 10.0. The predicted molar refractivity (Wildman–Crippen MR) is 152 cm³/mol. The highest BCUT2D eigenvalue weighted by Crippen LogP contribution is 2.52. The minimum absolute atomic E-state index is 0.0686. The lowest BCUT2D eigenvalue weighted by molar-refractivity contribution is -0.142. The number of anilines is 1. The molecule has 10 heteroatoms. The van der Waals surface area contributed by atoms with Gasteiger partial charge in [-0.05, 0) is 43.2 Å². The second kappa shape index (κ2) is 10.9. The molecule has 0 atom stereocenters. The molecule has 0 spiro atoms. The zero-order valence-corrected chi connectivity index (χ0v) is 23.9. The molecule has 0 aliphatic carbocycles. The van der Waals surface area contributed by atoms with E-state index in [0.29, 0.717) is 22.2 Å². The Morgan fingerprint density at radius 1 is 0.732 bits per heavy atom. The summed E-state index contributed by atoms with van der Waals surface area (Å²) in [6, 6.07) is 19.1. The number of methoxy groups -OCH3 is 1. The molecule has 3 nitrogen and oxygen atoms in total. The maximum atomic E-state index is 15.5. The largest absolute Gasteiger partial charge is 0.496 e. The van der Waals surface area contributed by atoms with Crippen molar-refractivity contribution in [2.75, 3.05) is 26.1 Å². The highest BCUT2D eigenvalue weighted by atomic mass is 31.2. The molecule has 0 saturated heterocycles. The van der Waals surface area contributed by atoms with Crippen LogP contribution in [0.5, 0.6) is 5.75 Å². The van der Waals surface area contributed by atoms with Gasteiger partial charge < -0.3 is 14.2 Å². The van der Waals surface area contributed by atoms with Gasteiger partial charge in [0.25, 0.3) is 0 Å². The van der Waals surface area contributed by atoms with Crippen molar-refractivity contribution in [2.45, 2.75) is 26.2 Å². The minimum atomic E-state index is -5.17.